The topological polar surface area (TPSA) is 146 Å². The van der Waals surface area contributed by atoms with Crippen molar-refractivity contribution in [3.8, 4) is 45.6 Å². The number of carbonyl (C=O) groups is 1. The van der Waals surface area contributed by atoms with Gasteiger partial charge >= 0.3 is 5.97 Å². The van der Waals surface area contributed by atoms with Gasteiger partial charge in [0.05, 0.1) is 5.56 Å². The van der Waals surface area contributed by atoms with E-state index >= 15 is 0 Å². The van der Waals surface area contributed by atoms with Crippen molar-refractivity contribution in [2.45, 2.75) is 0 Å². The fourth-order valence-electron chi connectivity index (χ4n) is 5.87. The second-order valence-corrected chi connectivity index (χ2v) is 10.3. The molecule has 2 aliphatic heterocycles. The standard InChI is InChI=1S/C33H18N8O2.2HI/c42-33(43)23-15-7-14-22-24(23)32-40-30-21-13-6-5-12-20(21)28(38-30)36-26-17-9-2-1-8-16(17)25(34-26)35-27-18-10-3-4-11-19(18)29(37-27)39-31(22)41-32;;/h1-15H,(H,42,43)(H2,34,35,36,37,38,39,40,41);2*1H. The van der Waals surface area contributed by atoms with Crippen molar-refractivity contribution in [1.29, 1.82) is 0 Å². The van der Waals surface area contributed by atoms with Crippen LogP contribution >= 0.6 is 48.0 Å². The van der Waals surface area contributed by atoms with E-state index in [-0.39, 0.29) is 53.5 Å². The Hall–Kier alpha value is -4.83. The Morgan fingerprint density at radius 2 is 0.844 bits per heavy atom. The fraction of sp³-hybridized carbons (Fsp3) is 0. The van der Waals surface area contributed by atoms with E-state index in [1.807, 2.05) is 78.9 Å². The highest BCUT2D eigenvalue weighted by molar-refractivity contribution is 14.0. The minimum atomic E-state index is -1.07. The predicted molar refractivity (Wildman–Crippen MR) is 194 cm³/mol. The van der Waals surface area contributed by atoms with Gasteiger partial charge in [-0.3, -0.25) is 0 Å². The molecule has 0 spiro atoms. The second-order valence-electron chi connectivity index (χ2n) is 10.3. The first-order valence-corrected chi connectivity index (χ1v) is 13.6. The van der Waals surface area contributed by atoms with E-state index in [2.05, 4.69) is 9.97 Å². The van der Waals surface area contributed by atoms with Crippen LogP contribution < -0.4 is 0 Å². The Morgan fingerprint density at radius 1 is 0.467 bits per heavy atom. The molecule has 12 heteroatoms. The molecule has 0 amide bonds. The van der Waals surface area contributed by atoms with Crippen molar-refractivity contribution in [2.24, 2.45) is 0 Å². The molecule has 0 aliphatic carbocycles. The number of carboxylic acid groups (broad SMARTS) is 1. The molecule has 218 valence electrons. The molecule has 0 saturated carbocycles. The van der Waals surface area contributed by atoms with E-state index in [9.17, 15) is 9.90 Å². The summed E-state index contributed by atoms with van der Waals surface area (Å²) in [5.41, 5.74) is 5.36. The number of aromatic nitrogens is 8. The molecule has 7 aromatic rings. The lowest BCUT2D eigenvalue weighted by molar-refractivity contribution is 0.0699. The van der Waals surface area contributed by atoms with E-state index in [0.29, 0.717) is 56.7 Å². The highest BCUT2D eigenvalue weighted by Crippen LogP contribution is 2.37. The average molecular weight is 814 g/mol. The lowest BCUT2D eigenvalue weighted by atomic mass is 10.1. The van der Waals surface area contributed by atoms with Gasteiger partial charge in [0.25, 0.3) is 0 Å². The third-order valence-electron chi connectivity index (χ3n) is 7.81. The SMILES string of the molecule is I.I.O=C(O)c1cccc2c3nc4nc(nc5[nH]c(nc6nc(nc([nH]3)c12)-c1ccccc1-6)c1ccccc51)-c1ccccc1-4. The van der Waals surface area contributed by atoms with Gasteiger partial charge in [-0.2, -0.15) is 0 Å². The van der Waals surface area contributed by atoms with Crippen LogP contribution in [-0.4, -0.2) is 50.9 Å². The number of aromatic amines is 2. The number of benzene rings is 4. The molecule has 0 unspecified atom stereocenters. The number of hydrogen-bond donors (Lipinski definition) is 3. The van der Waals surface area contributed by atoms with Crippen LogP contribution in [0.15, 0.2) is 91.0 Å². The largest absolute Gasteiger partial charge is 0.478 e. The van der Waals surface area contributed by atoms with Gasteiger partial charge in [-0.05, 0) is 6.07 Å². The Labute approximate surface area is 288 Å². The molecule has 4 aromatic carbocycles. The van der Waals surface area contributed by atoms with Crippen molar-refractivity contribution in [1.82, 2.24) is 39.9 Å². The monoisotopic (exact) mass is 814 g/mol. The van der Waals surface area contributed by atoms with Gasteiger partial charge in [0.15, 0.2) is 23.3 Å². The molecule has 0 radical (unpaired) electrons. The Morgan fingerprint density at radius 3 is 1.31 bits per heavy atom. The molecule has 2 aliphatic rings. The van der Waals surface area contributed by atoms with Gasteiger partial charge in [0, 0.05) is 43.8 Å². The molecule has 10 nitrogen and oxygen atoms in total. The fourth-order valence-corrected chi connectivity index (χ4v) is 5.87. The maximum absolute atomic E-state index is 12.3. The maximum Gasteiger partial charge on any atom is 0.336 e. The molecular weight excluding hydrogens is 794 g/mol. The molecule has 0 saturated heterocycles. The number of nitrogens with one attached hydrogen (secondary N) is 2. The zero-order valence-electron chi connectivity index (χ0n) is 23.0. The predicted octanol–water partition coefficient (Wildman–Crippen LogP) is 7.80. The van der Waals surface area contributed by atoms with Crippen molar-refractivity contribution in [3.05, 3.63) is 96.6 Å². The summed E-state index contributed by atoms with van der Waals surface area (Å²) in [6, 6.07) is 28.5. The molecule has 0 fully saturated rings. The number of aromatic carboxylic acids is 1. The summed E-state index contributed by atoms with van der Waals surface area (Å²) in [5.74, 6) is 0.791. The van der Waals surface area contributed by atoms with Gasteiger partial charge in [-0.15, -0.1) is 48.0 Å². The van der Waals surface area contributed by atoms with Gasteiger partial charge in [0.2, 0.25) is 0 Å². The maximum atomic E-state index is 12.3. The van der Waals surface area contributed by atoms with E-state index in [1.54, 1.807) is 12.1 Å². The van der Waals surface area contributed by atoms with Gasteiger partial charge < -0.3 is 15.1 Å². The number of fused-ring (bicyclic) bond motifs is 20. The minimum Gasteiger partial charge on any atom is -0.478 e. The van der Waals surface area contributed by atoms with Crippen molar-refractivity contribution >= 4 is 98.1 Å². The van der Waals surface area contributed by atoms with Crippen molar-refractivity contribution in [3.63, 3.8) is 0 Å². The van der Waals surface area contributed by atoms with Gasteiger partial charge in [0.1, 0.15) is 22.6 Å². The van der Waals surface area contributed by atoms with Crippen LogP contribution in [0.5, 0.6) is 0 Å². The number of nitrogens with zero attached hydrogens (tertiary/aromatic N) is 6. The number of rotatable bonds is 1. The van der Waals surface area contributed by atoms with Crippen molar-refractivity contribution in [2.75, 3.05) is 0 Å². The van der Waals surface area contributed by atoms with Crippen molar-refractivity contribution < 1.29 is 9.90 Å². The first-order chi connectivity index (χ1) is 21.1. The van der Waals surface area contributed by atoms with Gasteiger partial charge in [-0.1, -0.05) is 84.9 Å². The molecule has 0 atom stereocenters. The molecule has 5 heterocycles. The highest BCUT2D eigenvalue weighted by Gasteiger charge is 2.22. The number of carboxylic acids is 1. The third kappa shape index (κ3) is 4.46. The summed E-state index contributed by atoms with van der Waals surface area (Å²) in [6.45, 7) is 0. The Bertz CT molecular complexity index is 2520. The molecule has 45 heavy (non-hydrogen) atoms. The summed E-state index contributed by atoms with van der Waals surface area (Å²) in [7, 11) is 0. The van der Waals surface area contributed by atoms with Crippen LogP contribution in [0.2, 0.25) is 0 Å². The minimum absolute atomic E-state index is 0. The summed E-state index contributed by atoms with van der Waals surface area (Å²) < 4.78 is 0. The van der Waals surface area contributed by atoms with Gasteiger partial charge in [-0.25, -0.2) is 34.7 Å². The normalized spacial score (nSPS) is 11.4. The highest BCUT2D eigenvalue weighted by atomic mass is 127. The second kappa shape index (κ2) is 11.0. The first-order valence-electron chi connectivity index (χ1n) is 13.6. The third-order valence-corrected chi connectivity index (χ3v) is 7.81. The molecule has 3 N–H and O–H groups in total. The molecular formula is C33H20I2N8O2. The smallest absolute Gasteiger partial charge is 0.336 e. The average Bonchev–Trinajstić information content (AvgIpc) is 3.76. The summed E-state index contributed by atoms with van der Waals surface area (Å²) in [5, 5.41) is 12.9. The van der Waals surface area contributed by atoms with E-state index < -0.39 is 5.97 Å². The molecule has 8 bridgehead atoms. The van der Waals surface area contributed by atoms with Crippen LogP contribution in [-0.2, 0) is 0 Å². The number of H-pyrrole nitrogens is 2. The summed E-state index contributed by atoms with van der Waals surface area (Å²) in [6.07, 6.45) is 0. The van der Waals surface area contributed by atoms with E-state index in [4.69, 9.17) is 29.9 Å². The molecule has 9 rings (SSSR count). The summed E-state index contributed by atoms with van der Waals surface area (Å²) >= 11 is 0. The quantitative estimate of drug-likeness (QED) is 0.142. The lowest BCUT2D eigenvalue weighted by Gasteiger charge is -1.98. The van der Waals surface area contributed by atoms with E-state index in [0.717, 1.165) is 33.0 Å². The summed E-state index contributed by atoms with van der Waals surface area (Å²) in [4.78, 5) is 48.5. The van der Waals surface area contributed by atoms with Crippen LogP contribution in [0.4, 0.5) is 0 Å². The number of hydrogen-bond acceptors (Lipinski definition) is 7. The zero-order valence-corrected chi connectivity index (χ0v) is 27.7. The Kier molecular flexibility index (Phi) is 7.04. The lowest BCUT2D eigenvalue weighted by Crippen LogP contribution is -1.96. The van der Waals surface area contributed by atoms with E-state index in [1.165, 1.54) is 0 Å². The Balaban J connectivity index is 0.00000163. The van der Waals surface area contributed by atoms with Crippen LogP contribution in [0.3, 0.4) is 0 Å². The van der Waals surface area contributed by atoms with Crippen LogP contribution in [0, 0.1) is 0 Å². The molecule has 3 aromatic heterocycles. The van der Waals surface area contributed by atoms with Crippen LogP contribution in [0.1, 0.15) is 10.4 Å². The van der Waals surface area contributed by atoms with Crippen LogP contribution in [0.25, 0.3) is 89.7 Å². The number of halogens is 2. The zero-order chi connectivity index (χ0) is 28.7. The first kappa shape index (κ1) is 28.9.